The van der Waals surface area contributed by atoms with E-state index >= 15 is 0 Å². The van der Waals surface area contributed by atoms with Gasteiger partial charge in [-0.2, -0.15) is 0 Å². The van der Waals surface area contributed by atoms with E-state index in [1.54, 1.807) is 12.3 Å². The van der Waals surface area contributed by atoms with Crippen molar-refractivity contribution in [3.05, 3.63) is 29.6 Å². The van der Waals surface area contributed by atoms with Crippen molar-refractivity contribution >= 4 is 21.9 Å². The predicted octanol–water partition coefficient (Wildman–Crippen LogP) is 2.00. The van der Waals surface area contributed by atoms with Crippen molar-refractivity contribution in [2.45, 2.75) is 11.8 Å². The first-order valence-corrected chi connectivity index (χ1v) is 4.71. The van der Waals surface area contributed by atoms with Crippen LogP contribution >= 0.6 is 15.9 Å². The monoisotopic (exact) mass is 243 g/mol. The van der Waals surface area contributed by atoms with Gasteiger partial charge in [0.05, 0.1) is 12.8 Å². The van der Waals surface area contributed by atoms with Gasteiger partial charge in [0.2, 0.25) is 0 Å². The third-order valence-corrected chi connectivity index (χ3v) is 2.44. The van der Waals surface area contributed by atoms with Gasteiger partial charge in [-0.1, -0.05) is 22.0 Å². The van der Waals surface area contributed by atoms with Gasteiger partial charge in [0.15, 0.2) is 4.83 Å². The molecular weight excluding hydrogens is 234 g/mol. The van der Waals surface area contributed by atoms with Crippen LogP contribution < -0.4 is 0 Å². The molecule has 1 heterocycles. The molecule has 0 amide bonds. The van der Waals surface area contributed by atoms with Crippen molar-refractivity contribution in [3.8, 4) is 0 Å². The number of halogens is 1. The van der Waals surface area contributed by atoms with E-state index in [9.17, 15) is 4.79 Å². The highest BCUT2D eigenvalue weighted by Gasteiger charge is 2.18. The molecular formula is C9H10BrNO2. The van der Waals surface area contributed by atoms with Crippen LogP contribution in [-0.2, 0) is 9.53 Å². The Hall–Kier alpha value is -0.900. The molecule has 0 aliphatic rings. The lowest BCUT2D eigenvalue weighted by Gasteiger charge is -2.06. The highest BCUT2D eigenvalue weighted by Crippen LogP contribution is 2.21. The number of hydrogen-bond donors (Lipinski definition) is 0. The Balaban J connectivity index is 2.83. The number of ether oxygens (including phenoxy) is 1. The number of alkyl halides is 1. The Morgan fingerprint density at radius 2 is 2.31 bits per heavy atom. The van der Waals surface area contributed by atoms with Gasteiger partial charge in [-0.3, -0.25) is 9.78 Å². The third-order valence-electron chi connectivity index (χ3n) is 1.60. The van der Waals surface area contributed by atoms with E-state index in [-0.39, 0.29) is 5.97 Å². The molecule has 0 aliphatic carbocycles. The summed E-state index contributed by atoms with van der Waals surface area (Å²) >= 11 is 3.20. The van der Waals surface area contributed by atoms with Gasteiger partial charge in [-0.25, -0.2) is 0 Å². The van der Waals surface area contributed by atoms with Gasteiger partial charge < -0.3 is 4.74 Å². The molecule has 3 nitrogen and oxygen atoms in total. The number of aryl methyl sites for hydroxylation is 1. The van der Waals surface area contributed by atoms with Crippen LogP contribution in [0, 0.1) is 6.92 Å². The van der Waals surface area contributed by atoms with E-state index in [0.29, 0.717) is 5.69 Å². The maximum atomic E-state index is 11.1. The molecule has 1 atom stereocenters. The number of esters is 1. The summed E-state index contributed by atoms with van der Waals surface area (Å²) in [4.78, 5) is 14.7. The van der Waals surface area contributed by atoms with Gasteiger partial charge in [0.25, 0.3) is 0 Å². The molecule has 1 aromatic rings. The SMILES string of the molecule is COC(=O)C(Br)c1ccc(C)cn1. The summed E-state index contributed by atoms with van der Waals surface area (Å²) in [7, 11) is 1.35. The van der Waals surface area contributed by atoms with Crippen molar-refractivity contribution in [1.82, 2.24) is 4.98 Å². The minimum Gasteiger partial charge on any atom is -0.468 e. The van der Waals surface area contributed by atoms with Crippen LogP contribution in [0.2, 0.25) is 0 Å². The minimum absolute atomic E-state index is 0.337. The molecule has 0 spiro atoms. The number of aromatic nitrogens is 1. The highest BCUT2D eigenvalue weighted by atomic mass is 79.9. The summed E-state index contributed by atoms with van der Waals surface area (Å²) in [5, 5.41) is 0. The largest absolute Gasteiger partial charge is 0.468 e. The van der Waals surface area contributed by atoms with E-state index < -0.39 is 4.83 Å². The summed E-state index contributed by atoms with van der Waals surface area (Å²) in [5.41, 5.74) is 1.73. The van der Waals surface area contributed by atoms with Crippen LogP contribution in [0.15, 0.2) is 18.3 Å². The minimum atomic E-state index is -0.474. The molecule has 0 saturated carbocycles. The van der Waals surface area contributed by atoms with Crippen LogP contribution in [0.1, 0.15) is 16.1 Å². The molecule has 0 N–H and O–H groups in total. The lowest BCUT2D eigenvalue weighted by atomic mass is 10.2. The molecule has 0 aromatic carbocycles. The molecule has 0 bridgehead atoms. The summed E-state index contributed by atoms with van der Waals surface area (Å²) < 4.78 is 4.57. The fraction of sp³-hybridized carbons (Fsp3) is 0.333. The lowest BCUT2D eigenvalue weighted by molar-refractivity contribution is -0.139. The van der Waals surface area contributed by atoms with Gasteiger partial charge in [0, 0.05) is 6.20 Å². The number of carbonyl (C=O) groups is 1. The molecule has 1 rings (SSSR count). The number of pyridine rings is 1. The van der Waals surface area contributed by atoms with Crippen molar-refractivity contribution in [3.63, 3.8) is 0 Å². The van der Waals surface area contributed by atoms with Crippen molar-refractivity contribution in [2.24, 2.45) is 0 Å². The first-order chi connectivity index (χ1) is 6.15. The van der Waals surface area contributed by atoms with Gasteiger partial charge in [0.1, 0.15) is 0 Å². The van der Waals surface area contributed by atoms with Crippen LogP contribution in [0.25, 0.3) is 0 Å². The highest BCUT2D eigenvalue weighted by molar-refractivity contribution is 9.09. The van der Waals surface area contributed by atoms with E-state index in [4.69, 9.17) is 0 Å². The smallest absolute Gasteiger partial charge is 0.325 e. The van der Waals surface area contributed by atoms with Crippen molar-refractivity contribution in [1.29, 1.82) is 0 Å². The second kappa shape index (κ2) is 4.37. The normalized spacial score (nSPS) is 12.2. The lowest BCUT2D eigenvalue weighted by Crippen LogP contribution is -2.09. The number of hydrogen-bond acceptors (Lipinski definition) is 3. The molecule has 0 radical (unpaired) electrons. The van der Waals surface area contributed by atoms with Crippen LogP contribution in [0.5, 0.6) is 0 Å². The zero-order chi connectivity index (χ0) is 9.84. The zero-order valence-electron chi connectivity index (χ0n) is 7.45. The Bertz CT molecular complexity index is 297. The first-order valence-electron chi connectivity index (χ1n) is 3.79. The number of rotatable bonds is 2. The van der Waals surface area contributed by atoms with Crippen molar-refractivity contribution < 1.29 is 9.53 Å². The summed E-state index contributed by atoms with van der Waals surface area (Å²) in [5.74, 6) is -0.337. The Kier molecular flexibility index (Phi) is 3.42. The quantitative estimate of drug-likeness (QED) is 0.590. The average molecular weight is 244 g/mol. The van der Waals surface area contributed by atoms with Gasteiger partial charge in [-0.15, -0.1) is 0 Å². The Morgan fingerprint density at radius 3 is 2.77 bits per heavy atom. The first kappa shape index (κ1) is 10.2. The second-order valence-electron chi connectivity index (χ2n) is 2.65. The molecule has 0 fully saturated rings. The fourth-order valence-corrected chi connectivity index (χ4v) is 1.31. The maximum absolute atomic E-state index is 11.1. The summed E-state index contributed by atoms with van der Waals surface area (Å²) in [6.45, 7) is 1.94. The van der Waals surface area contributed by atoms with E-state index in [1.807, 2.05) is 13.0 Å². The van der Waals surface area contributed by atoms with Gasteiger partial charge in [-0.05, 0) is 18.6 Å². The second-order valence-corrected chi connectivity index (χ2v) is 3.56. The molecule has 0 aliphatic heterocycles. The summed E-state index contributed by atoms with van der Waals surface area (Å²) in [6, 6.07) is 3.70. The predicted molar refractivity (Wildman–Crippen MR) is 52.7 cm³/mol. The summed E-state index contributed by atoms with van der Waals surface area (Å²) in [6.07, 6.45) is 1.71. The Labute approximate surface area is 85.3 Å². The molecule has 0 saturated heterocycles. The third kappa shape index (κ3) is 2.52. The van der Waals surface area contributed by atoms with Crippen LogP contribution in [0.4, 0.5) is 0 Å². The zero-order valence-corrected chi connectivity index (χ0v) is 9.04. The number of nitrogens with zero attached hydrogens (tertiary/aromatic N) is 1. The molecule has 13 heavy (non-hydrogen) atoms. The standard InChI is InChI=1S/C9H10BrNO2/c1-6-3-4-7(11-5-6)8(10)9(12)13-2/h3-5,8H,1-2H3. The maximum Gasteiger partial charge on any atom is 0.325 e. The van der Waals surface area contributed by atoms with Crippen LogP contribution in [-0.4, -0.2) is 18.1 Å². The number of carbonyl (C=O) groups excluding carboxylic acids is 1. The molecule has 1 aromatic heterocycles. The molecule has 1 unspecified atom stereocenters. The average Bonchev–Trinajstić information content (AvgIpc) is 2.17. The van der Waals surface area contributed by atoms with E-state index in [0.717, 1.165) is 5.56 Å². The van der Waals surface area contributed by atoms with Gasteiger partial charge >= 0.3 is 5.97 Å². The molecule has 70 valence electrons. The molecule has 4 heteroatoms. The topological polar surface area (TPSA) is 39.2 Å². The van der Waals surface area contributed by atoms with Crippen LogP contribution in [0.3, 0.4) is 0 Å². The number of methoxy groups -OCH3 is 1. The van der Waals surface area contributed by atoms with E-state index in [1.165, 1.54) is 7.11 Å². The van der Waals surface area contributed by atoms with Crippen molar-refractivity contribution in [2.75, 3.05) is 7.11 Å². The Morgan fingerprint density at radius 1 is 1.62 bits per heavy atom. The van der Waals surface area contributed by atoms with E-state index in [2.05, 4.69) is 25.7 Å². The fourth-order valence-electron chi connectivity index (χ4n) is 0.853.